The van der Waals surface area contributed by atoms with Crippen molar-refractivity contribution in [2.75, 3.05) is 0 Å². The minimum absolute atomic E-state index is 0.0770. The van der Waals surface area contributed by atoms with E-state index in [0.29, 0.717) is 11.6 Å². The fourth-order valence-corrected chi connectivity index (χ4v) is 2.78. The lowest BCUT2D eigenvalue weighted by Gasteiger charge is -2.11. The Morgan fingerprint density at radius 2 is 2.10 bits per heavy atom. The molecular formula is C12H13Cl2N3O3S. The summed E-state index contributed by atoms with van der Waals surface area (Å²) in [5.74, 6) is 0.995. The molecule has 1 heterocycles. The molecule has 0 aliphatic heterocycles. The molecule has 0 saturated carbocycles. The zero-order chi connectivity index (χ0) is 15.6. The standard InChI is InChI=1S/C12H13Cl2N3O3S/c1-8(2)17-12(15-7-16-17)6-20-11-4-3-9(5-10(11)13)21(14,18)19/h3-5,7-8H,6H2,1-2H3. The molecule has 0 atom stereocenters. The zero-order valence-corrected chi connectivity index (χ0v) is 13.7. The van der Waals surface area contributed by atoms with Crippen LogP contribution in [0, 0.1) is 0 Å². The predicted octanol–water partition coefficient (Wildman–Crippen LogP) is 3.02. The molecule has 9 heteroatoms. The smallest absolute Gasteiger partial charge is 0.261 e. The monoisotopic (exact) mass is 349 g/mol. The van der Waals surface area contributed by atoms with Crippen molar-refractivity contribution in [2.45, 2.75) is 31.4 Å². The third-order valence-corrected chi connectivity index (χ3v) is 4.32. The summed E-state index contributed by atoms with van der Waals surface area (Å²) in [4.78, 5) is 4.03. The number of hydrogen-bond donors (Lipinski definition) is 0. The summed E-state index contributed by atoms with van der Waals surface area (Å²) >= 11 is 5.99. The Morgan fingerprint density at radius 1 is 1.38 bits per heavy atom. The van der Waals surface area contributed by atoms with Crippen molar-refractivity contribution in [3.05, 3.63) is 35.4 Å². The molecule has 0 radical (unpaired) electrons. The van der Waals surface area contributed by atoms with Crippen LogP contribution < -0.4 is 4.74 Å². The van der Waals surface area contributed by atoms with Crippen molar-refractivity contribution in [3.63, 3.8) is 0 Å². The molecule has 0 amide bonds. The first-order chi connectivity index (χ1) is 9.79. The van der Waals surface area contributed by atoms with Gasteiger partial charge < -0.3 is 4.74 Å². The van der Waals surface area contributed by atoms with Gasteiger partial charge in [-0.1, -0.05) is 11.6 Å². The van der Waals surface area contributed by atoms with Gasteiger partial charge in [0.25, 0.3) is 9.05 Å². The minimum Gasteiger partial charge on any atom is -0.484 e. The second-order valence-electron chi connectivity index (χ2n) is 4.53. The molecule has 0 fully saturated rings. The molecule has 6 nitrogen and oxygen atoms in total. The van der Waals surface area contributed by atoms with E-state index in [4.69, 9.17) is 27.0 Å². The highest BCUT2D eigenvalue weighted by atomic mass is 35.7. The van der Waals surface area contributed by atoms with E-state index in [1.54, 1.807) is 4.68 Å². The van der Waals surface area contributed by atoms with Gasteiger partial charge >= 0.3 is 0 Å². The van der Waals surface area contributed by atoms with Crippen molar-refractivity contribution < 1.29 is 13.2 Å². The largest absolute Gasteiger partial charge is 0.484 e. The normalized spacial score (nSPS) is 11.9. The molecule has 1 aromatic carbocycles. The summed E-state index contributed by atoms with van der Waals surface area (Å²) in [7, 11) is 1.44. The Bertz CT molecular complexity index is 744. The highest BCUT2D eigenvalue weighted by molar-refractivity contribution is 8.13. The predicted molar refractivity (Wildman–Crippen MR) is 79.2 cm³/mol. The van der Waals surface area contributed by atoms with Crippen LogP contribution in [0.1, 0.15) is 25.7 Å². The molecule has 0 bridgehead atoms. The van der Waals surface area contributed by atoms with Gasteiger partial charge in [-0.05, 0) is 32.0 Å². The molecule has 1 aromatic heterocycles. The van der Waals surface area contributed by atoms with Gasteiger partial charge in [-0.15, -0.1) is 0 Å². The van der Waals surface area contributed by atoms with Crippen molar-refractivity contribution >= 4 is 31.3 Å². The van der Waals surface area contributed by atoms with E-state index in [0.717, 1.165) is 0 Å². The van der Waals surface area contributed by atoms with E-state index in [9.17, 15) is 8.42 Å². The number of nitrogens with zero attached hydrogens (tertiary/aromatic N) is 3. The summed E-state index contributed by atoms with van der Waals surface area (Å²) in [6.45, 7) is 4.13. The maximum absolute atomic E-state index is 11.2. The number of hydrogen-bond acceptors (Lipinski definition) is 5. The molecule has 2 rings (SSSR count). The van der Waals surface area contributed by atoms with E-state index in [-0.39, 0.29) is 22.6 Å². The van der Waals surface area contributed by atoms with Gasteiger partial charge in [-0.25, -0.2) is 18.1 Å². The van der Waals surface area contributed by atoms with Crippen LogP contribution in [-0.4, -0.2) is 23.2 Å². The lowest BCUT2D eigenvalue weighted by atomic mass is 10.3. The quantitative estimate of drug-likeness (QED) is 0.775. The summed E-state index contributed by atoms with van der Waals surface area (Å²) in [5, 5.41) is 4.25. The average Bonchev–Trinajstić information content (AvgIpc) is 2.84. The topological polar surface area (TPSA) is 74.1 Å². The molecular weight excluding hydrogens is 337 g/mol. The van der Waals surface area contributed by atoms with Crippen LogP contribution in [0.4, 0.5) is 0 Å². The summed E-state index contributed by atoms with van der Waals surface area (Å²) < 4.78 is 29.7. The van der Waals surface area contributed by atoms with E-state index in [2.05, 4.69) is 10.1 Å². The summed E-state index contributed by atoms with van der Waals surface area (Å²) in [5.41, 5.74) is 0. The van der Waals surface area contributed by atoms with Crippen LogP contribution in [0.5, 0.6) is 5.75 Å². The van der Waals surface area contributed by atoms with E-state index in [1.165, 1.54) is 24.5 Å². The number of aromatic nitrogens is 3. The number of benzene rings is 1. The van der Waals surface area contributed by atoms with Gasteiger partial charge in [0.1, 0.15) is 18.7 Å². The first kappa shape index (κ1) is 16.1. The third kappa shape index (κ3) is 3.87. The van der Waals surface area contributed by atoms with Gasteiger partial charge in [-0.2, -0.15) is 5.10 Å². The second-order valence-corrected chi connectivity index (χ2v) is 7.51. The van der Waals surface area contributed by atoms with Crippen LogP contribution in [0.3, 0.4) is 0 Å². The van der Waals surface area contributed by atoms with Crippen molar-refractivity contribution in [3.8, 4) is 5.75 Å². The zero-order valence-electron chi connectivity index (χ0n) is 11.3. The van der Waals surface area contributed by atoms with Crippen molar-refractivity contribution in [1.29, 1.82) is 0 Å². The molecule has 0 aliphatic carbocycles. The maximum atomic E-state index is 11.2. The molecule has 114 valence electrons. The summed E-state index contributed by atoms with van der Waals surface area (Å²) in [6.07, 6.45) is 1.45. The average molecular weight is 350 g/mol. The van der Waals surface area contributed by atoms with Crippen LogP contribution in [0.15, 0.2) is 29.4 Å². The Hall–Kier alpha value is -1.31. The number of rotatable bonds is 5. The van der Waals surface area contributed by atoms with Crippen LogP contribution in [0.2, 0.25) is 5.02 Å². The SMILES string of the molecule is CC(C)n1ncnc1COc1ccc(S(=O)(=O)Cl)cc1Cl. The van der Waals surface area contributed by atoms with Crippen LogP contribution in [0.25, 0.3) is 0 Å². The maximum Gasteiger partial charge on any atom is 0.261 e. The Kier molecular flexibility index (Phi) is 4.75. The van der Waals surface area contributed by atoms with Crippen LogP contribution >= 0.6 is 22.3 Å². The molecule has 0 N–H and O–H groups in total. The molecule has 0 saturated heterocycles. The molecule has 21 heavy (non-hydrogen) atoms. The van der Waals surface area contributed by atoms with Gasteiger partial charge in [0.05, 0.1) is 9.92 Å². The highest BCUT2D eigenvalue weighted by Gasteiger charge is 2.14. The first-order valence-corrected chi connectivity index (χ1v) is 8.73. The van der Waals surface area contributed by atoms with Gasteiger partial charge in [0, 0.05) is 16.7 Å². The molecule has 0 spiro atoms. The summed E-state index contributed by atoms with van der Waals surface area (Å²) in [6, 6.07) is 4.18. The lowest BCUT2D eigenvalue weighted by molar-refractivity contribution is 0.282. The highest BCUT2D eigenvalue weighted by Crippen LogP contribution is 2.29. The first-order valence-electron chi connectivity index (χ1n) is 6.04. The molecule has 0 unspecified atom stereocenters. The van der Waals surface area contributed by atoms with Gasteiger partial charge in [-0.3, -0.25) is 0 Å². The fourth-order valence-electron chi connectivity index (χ4n) is 1.70. The number of ether oxygens (including phenoxy) is 1. The fraction of sp³-hybridized carbons (Fsp3) is 0.333. The van der Waals surface area contributed by atoms with E-state index < -0.39 is 9.05 Å². The van der Waals surface area contributed by atoms with E-state index >= 15 is 0 Å². The lowest BCUT2D eigenvalue weighted by Crippen LogP contribution is -2.10. The van der Waals surface area contributed by atoms with Gasteiger partial charge in [0.2, 0.25) is 0 Å². The van der Waals surface area contributed by atoms with Gasteiger partial charge in [0.15, 0.2) is 5.82 Å². The van der Waals surface area contributed by atoms with E-state index in [1.807, 2.05) is 13.8 Å². The van der Waals surface area contributed by atoms with Crippen molar-refractivity contribution in [2.24, 2.45) is 0 Å². The van der Waals surface area contributed by atoms with Crippen molar-refractivity contribution in [1.82, 2.24) is 14.8 Å². The molecule has 0 aliphatic rings. The second kappa shape index (κ2) is 6.21. The van der Waals surface area contributed by atoms with Crippen LogP contribution in [-0.2, 0) is 15.7 Å². The minimum atomic E-state index is -3.81. The Morgan fingerprint density at radius 3 is 2.67 bits per heavy atom. The molecule has 2 aromatic rings. The third-order valence-electron chi connectivity index (χ3n) is 2.68. The Balaban J connectivity index is 2.16. The number of halogens is 2. The Labute approximate surface area is 132 Å².